The minimum absolute atomic E-state index is 0.564. The predicted molar refractivity (Wildman–Crippen MR) is 93.4 cm³/mol. The van der Waals surface area contributed by atoms with E-state index < -0.39 is 0 Å². The van der Waals surface area contributed by atoms with Crippen molar-refractivity contribution >= 4 is 5.69 Å². The molecule has 2 rings (SSSR count). The van der Waals surface area contributed by atoms with Crippen molar-refractivity contribution in [3.63, 3.8) is 0 Å². The van der Waals surface area contributed by atoms with Gasteiger partial charge < -0.3 is 5.32 Å². The van der Waals surface area contributed by atoms with Gasteiger partial charge in [-0.2, -0.15) is 0 Å². The lowest BCUT2D eigenvalue weighted by Gasteiger charge is -2.23. The minimum Gasteiger partial charge on any atom is -0.381 e. The molecule has 0 spiro atoms. The van der Waals surface area contributed by atoms with Crippen LogP contribution in [0.4, 0.5) is 5.69 Å². The van der Waals surface area contributed by atoms with Crippen molar-refractivity contribution in [1.29, 1.82) is 0 Å². The summed E-state index contributed by atoms with van der Waals surface area (Å²) in [6.07, 6.45) is 1.25. The van der Waals surface area contributed by atoms with E-state index in [1.165, 1.54) is 36.3 Å². The number of nitrogens with one attached hydrogen (secondary N) is 1. The summed E-state index contributed by atoms with van der Waals surface area (Å²) in [6.45, 7) is 16.1. The van der Waals surface area contributed by atoms with Gasteiger partial charge in [0.25, 0.3) is 0 Å². The molecule has 1 aliphatic rings. The van der Waals surface area contributed by atoms with Gasteiger partial charge in [-0.15, -0.1) is 0 Å². The number of nitrogens with zero attached hydrogens (tertiary/aromatic N) is 1. The maximum atomic E-state index is 3.80. The third kappa shape index (κ3) is 4.00. The van der Waals surface area contributed by atoms with Crippen LogP contribution in [0.1, 0.15) is 70.9 Å². The average molecular weight is 288 g/mol. The molecule has 2 nitrogen and oxygen atoms in total. The molecule has 0 aromatic heterocycles. The highest BCUT2D eigenvalue weighted by Crippen LogP contribution is 2.30. The Morgan fingerprint density at radius 2 is 1.76 bits per heavy atom. The molecule has 1 aliphatic heterocycles. The van der Waals surface area contributed by atoms with Crippen LogP contribution in [0, 0.1) is 0 Å². The molecular formula is C19H32N2. The second kappa shape index (κ2) is 6.83. The average Bonchev–Trinajstić information content (AvgIpc) is 2.87. The molecule has 0 saturated carbocycles. The van der Waals surface area contributed by atoms with Gasteiger partial charge in [-0.3, -0.25) is 4.90 Å². The van der Waals surface area contributed by atoms with Gasteiger partial charge in [-0.1, -0.05) is 39.8 Å². The lowest BCUT2D eigenvalue weighted by atomic mass is 9.94. The highest BCUT2D eigenvalue weighted by molar-refractivity contribution is 5.55. The summed E-state index contributed by atoms with van der Waals surface area (Å²) in [6, 6.07) is 8.23. The summed E-state index contributed by atoms with van der Waals surface area (Å²) in [7, 11) is 0. The molecule has 0 amide bonds. The van der Waals surface area contributed by atoms with Crippen molar-refractivity contribution in [3.05, 3.63) is 29.3 Å². The van der Waals surface area contributed by atoms with Crippen molar-refractivity contribution < 1.29 is 0 Å². The predicted octanol–water partition coefficient (Wildman–Crippen LogP) is 4.83. The fraction of sp³-hybridized carbons (Fsp3) is 0.684. The highest BCUT2D eigenvalue weighted by atomic mass is 15.2. The molecule has 0 radical (unpaired) electrons. The Kier molecular flexibility index (Phi) is 5.32. The molecule has 2 heteroatoms. The summed E-state index contributed by atoms with van der Waals surface area (Å²) in [4.78, 5) is 2.56. The van der Waals surface area contributed by atoms with Crippen LogP contribution >= 0.6 is 0 Å². The van der Waals surface area contributed by atoms with Crippen LogP contribution in [0.2, 0.25) is 0 Å². The standard InChI is InChI=1S/C19H32N2/c1-13(2)16-7-8-19(18(11-16)14(3)4)20-17-9-10-21(12-17)15(5)6/h7-8,11,13-15,17,20H,9-10,12H2,1-6H3. The van der Waals surface area contributed by atoms with Gasteiger partial charge in [0.1, 0.15) is 0 Å². The van der Waals surface area contributed by atoms with E-state index in [9.17, 15) is 0 Å². The number of hydrogen-bond donors (Lipinski definition) is 1. The molecule has 1 fully saturated rings. The minimum atomic E-state index is 0.564. The fourth-order valence-electron chi connectivity index (χ4n) is 3.14. The van der Waals surface area contributed by atoms with Gasteiger partial charge in [-0.05, 0) is 49.3 Å². The maximum absolute atomic E-state index is 3.80. The largest absolute Gasteiger partial charge is 0.381 e. The molecule has 1 atom stereocenters. The summed E-state index contributed by atoms with van der Waals surface area (Å²) >= 11 is 0. The van der Waals surface area contributed by atoms with Gasteiger partial charge >= 0.3 is 0 Å². The summed E-state index contributed by atoms with van der Waals surface area (Å²) in [5.41, 5.74) is 4.24. The monoisotopic (exact) mass is 288 g/mol. The van der Waals surface area contributed by atoms with Gasteiger partial charge in [0.05, 0.1) is 0 Å². The molecule has 21 heavy (non-hydrogen) atoms. The first-order valence-electron chi connectivity index (χ1n) is 8.53. The third-order valence-electron chi connectivity index (χ3n) is 4.67. The number of benzene rings is 1. The normalized spacial score (nSPS) is 20.0. The summed E-state index contributed by atoms with van der Waals surface area (Å²) in [5.74, 6) is 1.16. The quantitative estimate of drug-likeness (QED) is 0.835. The second-order valence-electron chi connectivity index (χ2n) is 7.37. The lowest BCUT2D eigenvalue weighted by molar-refractivity contribution is 0.274. The number of likely N-dealkylation sites (tertiary alicyclic amines) is 1. The zero-order valence-electron chi connectivity index (χ0n) is 14.6. The van der Waals surface area contributed by atoms with E-state index in [2.05, 4.69) is 70.0 Å². The first-order valence-corrected chi connectivity index (χ1v) is 8.53. The van der Waals surface area contributed by atoms with E-state index in [0.717, 1.165) is 0 Å². The first-order chi connectivity index (χ1) is 9.88. The van der Waals surface area contributed by atoms with Crippen LogP contribution in [0.15, 0.2) is 18.2 Å². The Morgan fingerprint density at radius 1 is 1.05 bits per heavy atom. The lowest BCUT2D eigenvalue weighted by Crippen LogP contribution is -2.31. The van der Waals surface area contributed by atoms with E-state index in [1.807, 2.05) is 0 Å². The van der Waals surface area contributed by atoms with Gasteiger partial charge in [0.15, 0.2) is 0 Å². The zero-order valence-corrected chi connectivity index (χ0v) is 14.6. The van der Waals surface area contributed by atoms with Crippen molar-refractivity contribution in [1.82, 2.24) is 4.90 Å². The number of rotatable bonds is 5. The molecule has 1 aromatic carbocycles. The maximum Gasteiger partial charge on any atom is 0.0400 e. The third-order valence-corrected chi connectivity index (χ3v) is 4.67. The second-order valence-corrected chi connectivity index (χ2v) is 7.37. The van der Waals surface area contributed by atoms with E-state index in [-0.39, 0.29) is 0 Å². The Balaban J connectivity index is 2.13. The topological polar surface area (TPSA) is 15.3 Å². The van der Waals surface area contributed by atoms with Crippen LogP contribution < -0.4 is 5.32 Å². The molecule has 0 aliphatic carbocycles. The highest BCUT2D eigenvalue weighted by Gasteiger charge is 2.24. The van der Waals surface area contributed by atoms with E-state index in [4.69, 9.17) is 0 Å². The van der Waals surface area contributed by atoms with Crippen LogP contribution in [0.3, 0.4) is 0 Å². The van der Waals surface area contributed by atoms with Crippen LogP contribution in [0.25, 0.3) is 0 Å². The SMILES string of the molecule is CC(C)c1ccc(NC2CCN(C(C)C)C2)c(C(C)C)c1. The Hall–Kier alpha value is -1.02. The molecule has 1 unspecified atom stereocenters. The molecular weight excluding hydrogens is 256 g/mol. The molecule has 1 heterocycles. The first kappa shape index (κ1) is 16.4. The molecule has 118 valence electrons. The van der Waals surface area contributed by atoms with Crippen LogP contribution in [-0.4, -0.2) is 30.1 Å². The zero-order chi connectivity index (χ0) is 15.6. The van der Waals surface area contributed by atoms with Crippen LogP contribution in [0.5, 0.6) is 0 Å². The summed E-state index contributed by atoms with van der Waals surface area (Å²) < 4.78 is 0. The summed E-state index contributed by atoms with van der Waals surface area (Å²) in [5, 5.41) is 3.80. The van der Waals surface area contributed by atoms with Gasteiger partial charge in [0.2, 0.25) is 0 Å². The van der Waals surface area contributed by atoms with Crippen LogP contribution in [-0.2, 0) is 0 Å². The molecule has 1 saturated heterocycles. The fourth-order valence-corrected chi connectivity index (χ4v) is 3.14. The van der Waals surface area contributed by atoms with Crippen molar-refractivity contribution in [2.24, 2.45) is 0 Å². The van der Waals surface area contributed by atoms with E-state index in [0.29, 0.717) is 23.9 Å². The Labute approximate surface area is 130 Å². The van der Waals surface area contributed by atoms with E-state index in [1.54, 1.807) is 0 Å². The van der Waals surface area contributed by atoms with Gasteiger partial charge in [0, 0.05) is 30.9 Å². The van der Waals surface area contributed by atoms with Crippen molar-refractivity contribution in [3.8, 4) is 0 Å². The Morgan fingerprint density at radius 3 is 2.29 bits per heavy atom. The van der Waals surface area contributed by atoms with Crippen molar-refractivity contribution in [2.75, 3.05) is 18.4 Å². The molecule has 1 aromatic rings. The van der Waals surface area contributed by atoms with E-state index >= 15 is 0 Å². The molecule has 1 N–H and O–H groups in total. The van der Waals surface area contributed by atoms with Gasteiger partial charge in [-0.25, -0.2) is 0 Å². The molecule has 0 bridgehead atoms. The number of hydrogen-bond acceptors (Lipinski definition) is 2. The van der Waals surface area contributed by atoms with Crippen molar-refractivity contribution in [2.45, 2.75) is 71.9 Å². The Bertz CT molecular complexity index is 463. The smallest absolute Gasteiger partial charge is 0.0400 e. The number of anilines is 1.